The quantitative estimate of drug-likeness (QED) is 0.490. The normalized spacial score (nSPS) is 20.4. The Kier molecular flexibility index (Phi) is 7.73. The molecule has 4 rings (SSSR count). The first-order valence-electron chi connectivity index (χ1n) is 12.5. The van der Waals surface area contributed by atoms with Gasteiger partial charge in [0.2, 0.25) is 5.91 Å². The van der Waals surface area contributed by atoms with Crippen LogP contribution >= 0.6 is 0 Å². The van der Waals surface area contributed by atoms with Gasteiger partial charge in [0.05, 0.1) is 5.92 Å². The lowest BCUT2D eigenvalue weighted by atomic mass is 9.95. The van der Waals surface area contributed by atoms with Crippen molar-refractivity contribution in [2.24, 2.45) is 17.8 Å². The maximum Gasteiger partial charge on any atom is 0.407 e. The van der Waals surface area contributed by atoms with Crippen LogP contribution in [0.4, 0.5) is 4.79 Å². The fourth-order valence-electron chi connectivity index (χ4n) is 5.42. The smallest absolute Gasteiger partial charge is 0.407 e. The van der Waals surface area contributed by atoms with Crippen molar-refractivity contribution in [1.29, 1.82) is 0 Å². The van der Waals surface area contributed by atoms with E-state index in [1.807, 2.05) is 38.1 Å². The summed E-state index contributed by atoms with van der Waals surface area (Å²) in [7, 11) is 0. The molecule has 1 fully saturated rings. The maximum atomic E-state index is 13.0. The summed E-state index contributed by atoms with van der Waals surface area (Å²) in [6, 6.07) is 15.5. The number of rotatable bonds is 9. The highest BCUT2D eigenvalue weighted by molar-refractivity contribution is 5.86. The van der Waals surface area contributed by atoms with Gasteiger partial charge in [0, 0.05) is 12.5 Å². The average molecular weight is 479 g/mol. The fraction of sp³-hybridized carbons (Fsp3) is 0.464. The van der Waals surface area contributed by atoms with Gasteiger partial charge in [-0.05, 0) is 46.9 Å². The molecule has 2 aliphatic carbocycles. The summed E-state index contributed by atoms with van der Waals surface area (Å²) in [4.78, 5) is 37.2. The van der Waals surface area contributed by atoms with E-state index in [1.54, 1.807) is 0 Å². The van der Waals surface area contributed by atoms with Gasteiger partial charge < -0.3 is 20.5 Å². The number of carbonyl (C=O) groups is 3. The summed E-state index contributed by atoms with van der Waals surface area (Å²) in [5, 5.41) is 15.0. The van der Waals surface area contributed by atoms with E-state index < -0.39 is 24.0 Å². The van der Waals surface area contributed by atoms with Gasteiger partial charge in [-0.2, -0.15) is 0 Å². The molecule has 0 radical (unpaired) electrons. The van der Waals surface area contributed by atoms with Crippen molar-refractivity contribution in [3.63, 3.8) is 0 Å². The van der Waals surface area contributed by atoms with Crippen LogP contribution in [0.15, 0.2) is 48.5 Å². The fourth-order valence-corrected chi connectivity index (χ4v) is 5.42. The van der Waals surface area contributed by atoms with Crippen LogP contribution in [-0.4, -0.2) is 42.3 Å². The van der Waals surface area contributed by atoms with Gasteiger partial charge >= 0.3 is 12.1 Å². The predicted octanol–water partition coefficient (Wildman–Crippen LogP) is 4.56. The van der Waals surface area contributed by atoms with Crippen molar-refractivity contribution >= 4 is 18.0 Å². The van der Waals surface area contributed by atoms with Gasteiger partial charge in [0.1, 0.15) is 12.6 Å². The molecule has 2 aromatic carbocycles. The van der Waals surface area contributed by atoms with E-state index in [0.29, 0.717) is 19.4 Å². The Morgan fingerprint density at radius 2 is 1.66 bits per heavy atom. The van der Waals surface area contributed by atoms with Crippen molar-refractivity contribution in [1.82, 2.24) is 10.6 Å². The third-order valence-electron chi connectivity index (χ3n) is 7.63. The minimum Gasteiger partial charge on any atom is -0.481 e. The van der Waals surface area contributed by atoms with Crippen LogP contribution in [0.3, 0.4) is 0 Å². The number of carbonyl (C=O) groups excluding carboxylic acids is 2. The lowest BCUT2D eigenvalue weighted by molar-refractivity contribution is -0.143. The van der Waals surface area contributed by atoms with Crippen LogP contribution in [0.2, 0.25) is 0 Å². The molecule has 2 aliphatic rings. The summed E-state index contributed by atoms with van der Waals surface area (Å²) < 4.78 is 5.63. The first-order chi connectivity index (χ1) is 16.9. The molecule has 0 bridgehead atoms. The molecule has 2 amide bonds. The number of aliphatic carboxylic acids is 1. The summed E-state index contributed by atoms with van der Waals surface area (Å²) in [6.45, 7) is 4.34. The monoisotopic (exact) mass is 478 g/mol. The molecule has 4 atom stereocenters. The van der Waals surface area contributed by atoms with Crippen molar-refractivity contribution in [3.8, 4) is 11.1 Å². The van der Waals surface area contributed by atoms with E-state index in [2.05, 4.69) is 34.9 Å². The molecule has 0 heterocycles. The highest BCUT2D eigenvalue weighted by Gasteiger charge is 2.35. The van der Waals surface area contributed by atoms with Crippen LogP contribution in [0.5, 0.6) is 0 Å². The van der Waals surface area contributed by atoms with Gasteiger partial charge in [-0.3, -0.25) is 9.59 Å². The molecule has 7 nitrogen and oxygen atoms in total. The number of carboxylic acid groups (broad SMARTS) is 1. The Morgan fingerprint density at radius 1 is 1.03 bits per heavy atom. The first kappa shape index (κ1) is 24.8. The molecule has 35 heavy (non-hydrogen) atoms. The summed E-state index contributed by atoms with van der Waals surface area (Å²) in [5.74, 6) is -1.77. The minimum absolute atomic E-state index is 0.0562. The zero-order valence-corrected chi connectivity index (χ0v) is 20.3. The van der Waals surface area contributed by atoms with Crippen molar-refractivity contribution in [2.75, 3.05) is 13.2 Å². The van der Waals surface area contributed by atoms with Crippen LogP contribution in [0.1, 0.15) is 56.6 Å². The number of nitrogens with one attached hydrogen (secondary N) is 2. The Hall–Kier alpha value is -3.35. The van der Waals surface area contributed by atoms with E-state index in [-0.39, 0.29) is 30.3 Å². The number of benzene rings is 2. The summed E-state index contributed by atoms with van der Waals surface area (Å²) >= 11 is 0. The SMILES string of the molecule is CCC(C)C(NC(=O)OCC1c2ccccc2-c2ccccc21)C(=O)NCC1CCCC1C(=O)O. The molecular formula is C28H34N2O5. The second-order valence-corrected chi connectivity index (χ2v) is 9.71. The van der Waals surface area contributed by atoms with Crippen LogP contribution in [0, 0.1) is 17.8 Å². The van der Waals surface area contributed by atoms with Gasteiger partial charge in [-0.25, -0.2) is 4.79 Å². The molecule has 0 aliphatic heterocycles. The second-order valence-electron chi connectivity index (χ2n) is 9.71. The number of hydrogen-bond acceptors (Lipinski definition) is 4. The largest absolute Gasteiger partial charge is 0.481 e. The Balaban J connectivity index is 1.37. The van der Waals surface area contributed by atoms with Gasteiger partial charge in [-0.15, -0.1) is 0 Å². The lowest BCUT2D eigenvalue weighted by Gasteiger charge is -2.25. The van der Waals surface area contributed by atoms with Gasteiger partial charge in [0.15, 0.2) is 0 Å². The van der Waals surface area contributed by atoms with Gasteiger partial charge in [0.25, 0.3) is 0 Å². The third kappa shape index (κ3) is 5.34. The minimum atomic E-state index is -0.808. The van der Waals surface area contributed by atoms with E-state index >= 15 is 0 Å². The molecular weight excluding hydrogens is 444 g/mol. The van der Waals surface area contributed by atoms with E-state index in [9.17, 15) is 19.5 Å². The molecule has 2 aromatic rings. The first-order valence-corrected chi connectivity index (χ1v) is 12.5. The van der Waals surface area contributed by atoms with Crippen LogP contribution in [0.25, 0.3) is 11.1 Å². The standard InChI is InChI=1S/C28H34N2O5/c1-3-17(2)25(26(31)29-15-18-9-8-14-19(18)27(32)33)30-28(34)35-16-24-22-12-6-4-10-20(22)21-11-5-7-13-23(21)24/h4-7,10-13,17-19,24-25H,3,8-9,14-16H2,1-2H3,(H,29,31)(H,30,34)(H,32,33). The molecule has 4 unspecified atom stereocenters. The zero-order chi connectivity index (χ0) is 24.9. The molecule has 0 spiro atoms. The van der Waals surface area contributed by atoms with E-state index in [0.717, 1.165) is 35.1 Å². The number of hydrogen-bond donors (Lipinski definition) is 3. The number of carboxylic acids is 1. The second kappa shape index (κ2) is 10.9. The average Bonchev–Trinajstić information content (AvgIpc) is 3.47. The third-order valence-corrected chi connectivity index (χ3v) is 7.63. The van der Waals surface area contributed by atoms with Crippen molar-refractivity contribution < 1.29 is 24.2 Å². The highest BCUT2D eigenvalue weighted by atomic mass is 16.5. The van der Waals surface area contributed by atoms with E-state index in [1.165, 1.54) is 0 Å². The van der Waals surface area contributed by atoms with Crippen molar-refractivity contribution in [3.05, 3.63) is 59.7 Å². The lowest BCUT2D eigenvalue weighted by Crippen LogP contribution is -2.51. The van der Waals surface area contributed by atoms with E-state index in [4.69, 9.17) is 4.74 Å². The molecule has 1 saturated carbocycles. The number of ether oxygens (including phenoxy) is 1. The van der Waals surface area contributed by atoms with Crippen molar-refractivity contribution in [2.45, 2.75) is 51.5 Å². The molecule has 3 N–H and O–H groups in total. The Labute approximate surface area is 206 Å². The maximum absolute atomic E-state index is 13.0. The number of alkyl carbamates (subject to hydrolysis) is 1. The molecule has 7 heteroatoms. The summed E-state index contributed by atoms with van der Waals surface area (Å²) in [6.07, 6.45) is 2.34. The Bertz CT molecular complexity index is 1040. The predicted molar refractivity (Wildman–Crippen MR) is 133 cm³/mol. The van der Waals surface area contributed by atoms with Gasteiger partial charge in [-0.1, -0.05) is 75.2 Å². The topological polar surface area (TPSA) is 105 Å². The van der Waals surface area contributed by atoms with Crippen LogP contribution < -0.4 is 10.6 Å². The Morgan fingerprint density at radius 3 is 2.26 bits per heavy atom. The summed E-state index contributed by atoms with van der Waals surface area (Å²) in [5.41, 5.74) is 4.56. The molecule has 186 valence electrons. The zero-order valence-electron chi connectivity index (χ0n) is 20.3. The molecule has 0 aromatic heterocycles. The highest BCUT2D eigenvalue weighted by Crippen LogP contribution is 2.44. The molecule has 0 saturated heterocycles. The number of amides is 2. The number of fused-ring (bicyclic) bond motifs is 3. The van der Waals surface area contributed by atoms with Crippen LogP contribution in [-0.2, 0) is 14.3 Å².